The molecule has 2 atom stereocenters. The van der Waals surface area contributed by atoms with Crippen LogP contribution >= 0.6 is 0 Å². The van der Waals surface area contributed by atoms with Crippen LogP contribution in [0.1, 0.15) is 52.5 Å². The van der Waals surface area contributed by atoms with Crippen molar-refractivity contribution < 1.29 is 9.84 Å². The average Bonchev–Trinajstić information content (AvgIpc) is 2.41. The van der Waals surface area contributed by atoms with E-state index in [4.69, 9.17) is 4.74 Å². The van der Waals surface area contributed by atoms with Gasteiger partial charge in [0, 0.05) is 12.1 Å². The molecule has 3 heteroatoms. The summed E-state index contributed by atoms with van der Waals surface area (Å²) in [7, 11) is 0. The molecular formula is C17H29NO2. The minimum absolute atomic E-state index is 0.00954. The van der Waals surface area contributed by atoms with E-state index in [9.17, 15) is 5.11 Å². The molecule has 0 saturated heterocycles. The Balaban J connectivity index is 2.53. The largest absolute Gasteiger partial charge is 0.491 e. The molecule has 1 rings (SSSR count). The van der Waals surface area contributed by atoms with Crippen molar-refractivity contribution in [2.75, 3.05) is 13.2 Å². The Morgan fingerprint density at radius 2 is 1.90 bits per heavy atom. The molecule has 0 aliphatic carbocycles. The number of aliphatic hydroxyl groups excluding tert-OH is 1. The van der Waals surface area contributed by atoms with E-state index in [0.29, 0.717) is 19.1 Å². The Kier molecular flexibility index (Phi) is 6.50. The third-order valence-corrected chi connectivity index (χ3v) is 3.36. The van der Waals surface area contributed by atoms with Gasteiger partial charge in [-0.25, -0.2) is 0 Å². The summed E-state index contributed by atoms with van der Waals surface area (Å²) < 4.78 is 5.80. The lowest BCUT2D eigenvalue weighted by molar-refractivity contribution is 0.0994. The maximum Gasteiger partial charge on any atom is 0.122 e. The van der Waals surface area contributed by atoms with Crippen molar-refractivity contribution in [3.63, 3.8) is 0 Å². The predicted octanol–water partition coefficient (Wildman–Crippen LogP) is 3.33. The number of benzene rings is 1. The zero-order chi connectivity index (χ0) is 15.2. The zero-order valence-corrected chi connectivity index (χ0v) is 13.4. The van der Waals surface area contributed by atoms with E-state index in [1.165, 1.54) is 5.56 Å². The fraction of sp³-hybridized carbons (Fsp3) is 0.647. The number of aliphatic hydroxyl groups is 1. The summed E-state index contributed by atoms with van der Waals surface area (Å²) in [6.45, 7) is 11.5. The van der Waals surface area contributed by atoms with Gasteiger partial charge in [-0.3, -0.25) is 0 Å². The van der Waals surface area contributed by atoms with Crippen molar-refractivity contribution in [3.8, 4) is 5.75 Å². The minimum atomic E-state index is -0.501. The van der Waals surface area contributed by atoms with Gasteiger partial charge in [0.15, 0.2) is 0 Å². The van der Waals surface area contributed by atoms with Gasteiger partial charge in [-0.05, 0) is 44.7 Å². The summed E-state index contributed by atoms with van der Waals surface area (Å²) >= 11 is 0. The number of ether oxygens (including phenoxy) is 1. The number of nitrogens with one attached hydrogen (secondary N) is 1. The lowest BCUT2D eigenvalue weighted by Gasteiger charge is -2.23. The van der Waals surface area contributed by atoms with Gasteiger partial charge in [-0.1, -0.05) is 32.0 Å². The Labute approximate surface area is 123 Å². The predicted molar refractivity (Wildman–Crippen MR) is 84.4 cm³/mol. The Bertz CT molecular complexity index is 398. The summed E-state index contributed by atoms with van der Waals surface area (Å²) in [6.07, 6.45) is 0.577. The van der Waals surface area contributed by atoms with Crippen LogP contribution in [0.25, 0.3) is 0 Å². The molecular weight excluding hydrogens is 250 g/mol. The Morgan fingerprint density at radius 3 is 2.50 bits per heavy atom. The van der Waals surface area contributed by atoms with Gasteiger partial charge in [-0.2, -0.15) is 0 Å². The fourth-order valence-corrected chi connectivity index (χ4v) is 1.91. The normalized spacial score (nSPS) is 14.9. The average molecular weight is 279 g/mol. The van der Waals surface area contributed by atoms with Crippen LogP contribution in [-0.4, -0.2) is 29.9 Å². The first-order chi connectivity index (χ1) is 9.33. The molecule has 0 bridgehead atoms. The van der Waals surface area contributed by atoms with E-state index < -0.39 is 6.10 Å². The molecule has 0 radical (unpaired) electrons. The van der Waals surface area contributed by atoms with Crippen LogP contribution in [0.15, 0.2) is 24.3 Å². The first kappa shape index (κ1) is 17.0. The quantitative estimate of drug-likeness (QED) is 0.804. The van der Waals surface area contributed by atoms with Crippen molar-refractivity contribution >= 4 is 0 Å². The monoisotopic (exact) mass is 279 g/mol. The maximum atomic E-state index is 9.97. The summed E-state index contributed by atoms with van der Waals surface area (Å²) in [6, 6.07) is 8.08. The van der Waals surface area contributed by atoms with Crippen LogP contribution in [0.4, 0.5) is 0 Å². The van der Waals surface area contributed by atoms with E-state index in [1.54, 1.807) is 0 Å². The highest BCUT2D eigenvalue weighted by Gasteiger charge is 2.14. The highest BCUT2D eigenvalue weighted by Crippen LogP contribution is 2.28. The molecule has 114 valence electrons. The van der Waals surface area contributed by atoms with Gasteiger partial charge < -0.3 is 15.2 Å². The topological polar surface area (TPSA) is 41.5 Å². The number of para-hydroxylation sites is 1. The number of hydrogen-bond donors (Lipinski definition) is 2. The molecule has 0 spiro atoms. The Morgan fingerprint density at radius 1 is 1.25 bits per heavy atom. The molecule has 0 heterocycles. The van der Waals surface area contributed by atoms with Crippen LogP contribution in [0.2, 0.25) is 0 Å². The van der Waals surface area contributed by atoms with Gasteiger partial charge >= 0.3 is 0 Å². The second-order valence-electron chi connectivity index (χ2n) is 6.44. The van der Waals surface area contributed by atoms with Gasteiger partial charge in [0.05, 0.1) is 0 Å². The maximum absolute atomic E-state index is 9.97. The molecule has 0 unspecified atom stereocenters. The molecule has 0 saturated carbocycles. The summed E-state index contributed by atoms with van der Waals surface area (Å²) in [5.41, 5.74) is 1.22. The van der Waals surface area contributed by atoms with Crippen LogP contribution in [0.5, 0.6) is 5.75 Å². The zero-order valence-electron chi connectivity index (χ0n) is 13.4. The summed E-state index contributed by atoms with van der Waals surface area (Å²) in [5.74, 6) is 1.35. The molecule has 0 amide bonds. The van der Waals surface area contributed by atoms with E-state index >= 15 is 0 Å². The van der Waals surface area contributed by atoms with Crippen molar-refractivity contribution in [3.05, 3.63) is 29.8 Å². The van der Waals surface area contributed by atoms with Gasteiger partial charge in [0.1, 0.15) is 18.5 Å². The van der Waals surface area contributed by atoms with Gasteiger partial charge in [0.2, 0.25) is 0 Å². The van der Waals surface area contributed by atoms with Crippen molar-refractivity contribution in [2.24, 2.45) is 0 Å². The lowest BCUT2D eigenvalue weighted by atomic mass is 9.98. The van der Waals surface area contributed by atoms with Gasteiger partial charge in [-0.15, -0.1) is 0 Å². The molecule has 0 aliphatic rings. The summed E-state index contributed by atoms with van der Waals surface area (Å²) in [4.78, 5) is 0. The number of β-amino-alcohol motifs (C(OH)–C–C–N with tert-alkyl or cyclic N) is 1. The highest BCUT2D eigenvalue weighted by molar-refractivity contribution is 5.35. The minimum Gasteiger partial charge on any atom is -0.491 e. The van der Waals surface area contributed by atoms with E-state index in [1.807, 2.05) is 18.2 Å². The molecule has 1 aromatic rings. The first-order valence-electron chi connectivity index (χ1n) is 7.48. The SMILES string of the molecule is CC[C@@H](C)c1ccccc1OC[C@H](O)CNC(C)(C)C. The van der Waals surface area contributed by atoms with Crippen molar-refractivity contribution in [2.45, 2.75) is 58.6 Å². The standard InChI is InChI=1S/C17H29NO2/c1-6-13(2)15-9-7-8-10-16(15)20-12-14(19)11-18-17(3,4)5/h7-10,13-14,18-19H,6,11-12H2,1-5H3/t13-,14-/m1/s1. The van der Waals surface area contributed by atoms with E-state index in [0.717, 1.165) is 12.2 Å². The number of hydrogen-bond acceptors (Lipinski definition) is 3. The third kappa shape index (κ3) is 5.93. The first-order valence-corrected chi connectivity index (χ1v) is 7.48. The van der Waals surface area contributed by atoms with Gasteiger partial charge in [0.25, 0.3) is 0 Å². The molecule has 0 aromatic heterocycles. The van der Waals surface area contributed by atoms with Crippen molar-refractivity contribution in [1.29, 1.82) is 0 Å². The van der Waals surface area contributed by atoms with E-state index in [2.05, 4.69) is 46.0 Å². The van der Waals surface area contributed by atoms with Crippen LogP contribution < -0.4 is 10.1 Å². The third-order valence-electron chi connectivity index (χ3n) is 3.36. The molecule has 2 N–H and O–H groups in total. The molecule has 1 aromatic carbocycles. The second kappa shape index (κ2) is 7.65. The lowest BCUT2D eigenvalue weighted by Crippen LogP contribution is -2.42. The number of rotatable bonds is 7. The van der Waals surface area contributed by atoms with E-state index in [-0.39, 0.29) is 5.54 Å². The van der Waals surface area contributed by atoms with Crippen LogP contribution in [-0.2, 0) is 0 Å². The molecule has 0 fully saturated rings. The highest BCUT2D eigenvalue weighted by atomic mass is 16.5. The fourth-order valence-electron chi connectivity index (χ4n) is 1.91. The second-order valence-corrected chi connectivity index (χ2v) is 6.44. The Hall–Kier alpha value is -1.06. The molecule has 20 heavy (non-hydrogen) atoms. The van der Waals surface area contributed by atoms with Crippen molar-refractivity contribution in [1.82, 2.24) is 5.32 Å². The van der Waals surface area contributed by atoms with Crippen LogP contribution in [0, 0.1) is 0 Å². The molecule has 0 aliphatic heterocycles. The van der Waals surface area contributed by atoms with Crippen LogP contribution in [0.3, 0.4) is 0 Å². The summed E-state index contributed by atoms with van der Waals surface area (Å²) in [5, 5.41) is 13.2. The smallest absolute Gasteiger partial charge is 0.122 e. The molecule has 3 nitrogen and oxygen atoms in total.